The van der Waals surface area contributed by atoms with E-state index in [1.54, 1.807) is 26.8 Å². The van der Waals surface area contributed by atoms with E-state index in [0.717, 1.165) is 12.8 Å². The summed E-state index contributed by atoms with van der Waals surface area (Å²) < 4.78 is 28.0. The maximum Gasteiger partial charge on any atom is 0.251 e. The van der Waals surface area contributed by atoms with Gasteiger partial charge < -0.3 is 11.1 Å². The lowest BCUT2D eigenvalue weighted by Crippen LogP contribution is -2.52. The van der Waals surface area contributed by atoms with E-state index in [1.807, 2.05) is 0 Å². The largest absolute Gasteiger partial charge is 0.398 e. The summed E-state index contributed by atoms with van der Waals surface area (Å²) in [4.78, 5) is 13.0. The molecule has 6 nitrogen and oxygen atoms in total. The van der Waals surface area contributed by atoms with Crippen molar-refractivity contribution in [2.24, 2.45) is 16.7 Å². The molecule has 0 radical (unpaired) electrons. The van der Waals surface area contributed by atoms with Gasteiger partial charge in [0.15, 0.2) is 0 Å². The van der Waals surface area contributed by atoms with E-state index < -0.39 is 15.6 Å². The van der Waals surface area contributed by atoms with E-state index in [-0.39, 0.29) is 33.4 Å². The Morgan fingerprint density at radius 1 is 1.21 bits per heavy atom. The highest BCUT2D eigenvalue weighted by Crippen LogP contribution is 2.62. The highest BCUT2D eigenvalue weighted by atomic mass is 32.2. The van der Waals surface area contributed by atoms with Crippen LogP contribution < -0.4 is 15.8 Å². The fraction of sp³-hybridized carbons (Fsp3) is 0.667. The van der Waals surface area contributed by atoms with Gasteiger partial charge in [0.05, 0.1) is 5.69 Å². The Morgan fingerprint density at radius 2 is 1.86 bits per heavy atom. The Bertz CT molecular complexity index is 897. The Kier molecular flexibility index (Phi) is 4.87. The summed E-state index contributed by atoms with van der Waals surface area (Å²) in [7, 11) is -3.83. The second kappa shape index (κ2) is 6.46. The lowest BCUT2D eigenvalue weighted by molar-refractivity contribution is 0.0737. The van der Waals surface area contributed by atoms with Gasteiger partial charge in [-0.05, 0) is 75.0 Å². The minimum atomic E-state index is -3.83. The van der Waals surface area contributed by atoms with Crippen molar-refractivity contribution >= 4 is 21.6 Å². The minimum Gasteiger partial charge on any atom is -0.398 e. The highest BCUT2D eigenvalue weighted by Gasteiger charge is 2.59. The zero-order valence-corrected chi connectivity index (χ0v) is 18.5. The normalized spacial score (nSPS) is 29.1. The van der Waals surface area contributed by atoms with E-state index in [0.29, 0.717) is 11.5 Å². The summed E-state index contributed by atoms with van der Waals surface area (Å²) >= 11 is 0. The molecule has 156 valence electrons. The van der Waals surface area contributed by atoms with Crippen molar-refractivity contribution in [2.45, 2.75) is 77.3 Å². The molecular formula is C21H33N3O3S. The number of nitrogen functional groups attached to an aromatic ring is 1. The molecule has 3 atom stereocenters. The number of benzene rings is 1. The van der Waals surface area contributed by atoms with Gasteiger partial charge in [0.1, 0.15) is 4.90 Å². The van der Waals surface area contributed by atoms with Crippen molar-refractivity contribution in [3.8, 4) is 0 Å². The molecule has 1 amide bonds. The number of anilines is 1. The third-order valence-corrected chi connectivity index (χ3v) is 8.36. The van der Waals surface area contributed by atoms with Crippen molar-refractivity contribution in [1.29, 1.82) is 0 Å². The molecule has 7 heteroatoms. The SMILES string of the molecule is CC(C)(C)NS(=O)(=O)c1cc(C(=O)NC2C(C)(C)[C@H]3CC[C@@]2(C)C3)ccc1N. The summed E-state index contributed by atoms with van der Waals surface area (Å²) in [5.41, 5.74) is 5.83. The van der Waals surface area contributed by atoms with Gasteiger partial charge in [0.2, 0.25) is 10.0 Å². The van der Waals surface area contributed by atoms with Crippen LogP contribution in [-0.4, -0.2) is 25.9 Å². The van der Waals surface area contributed by atoms with Gasteiger partial charge in [-0.2, -0.15) is 0 Å². The van der Waals surface area contributed by atoms with Crippen LogP contribution in [0.2, 0.25) is 0 Å². The van der Waals surface area contributed by atoms with Crippen molar-refractivity contribution in [2.75, 3.05) is 5.73 Å². The van der Waals surface area contributed by atoms with Crippen LogP contribution in [0, 0.1) is 16.7 Å². The Balaban J connectivity index is 1.88. The van der Waals surface area contributed by atoms with Crippen LogP contribution in [0.15, 0.2) is 23.1 Å². The van der Waals surface area contributed by atoms with E-state index in [4.69, 9.17) is 5.73 Å². The Hall–Kier alpha value is -1.60. The molecule has 1 aromatic carbocycles. The van der Waals surface area contributed by atoms with Crippen LogP contribution in [0.1, 0.15) is 71.2 Å². The van der Waals surface area contributed by atoms with Crippen molar-refractivity contribution in [1.82, 2.24) is 10.0 Å². The predicted molar refractivity (Wildman–Crippen MR) is 111 cm³/mol. The molecule has 2 aliphatic rings. The molecule has 0 aromatic heterocycles. The van der Waals surface area contributed by atoms with Gasteiger partial charge in [0, 0.05) is 17.1 Å². The van der Waals surface area contributed by atoms with E-state index in [1.165, 1.54) is 18.6 Å². The molecule has 28 heavy (non-hydrogen) atoms. The molecule has 0 spiro atoms. The quantitative estimate of drug-likeness (QED) is 0.667. The van der Waals surface area contributed by atoms with Crippen LogP contribution in [0.25, 0.3) is 0 Å². The number of rotatable bonds is 4. The first-order valence-electron chi connectivity index (χ1n) is 9.90. The molecule has 4 N–H and O–H groups in total. The summed E-state index contributed by atoms with van der Waals surface area (Å²) in [6.07, 6.45) is 3.45. The van der Waals surface area contributed by atoms with E-state index in [2.05, 4.69) is 30.8 Å². The second-order valence-corrected chi connectivity index (χ2v) is 12.1. The van der Waals surface area contributed by atoms with Crippen LogP contribution in [0.3, 0.4) is 0 Å². The van der Waals surface area contributed by atoms with Gasteiger partial charge in [-0.25, -0.2) is 13.1 Å². The number of amides is 1. The number of fused-ring (bicyclic) bond motifs is 2. The molecule has 2 aliphatic carbocycles. The predicted octanol–water partition coefficient (Wildman–Crippen LogP) is 3.29. The molecule has 2 saturated carbocycles. The molecule has 1 unspecified atom stereocenters. The standard InChI is InChI=1S/C21H33N3O3S/c1-19(2,3)24-28(26,27)16-11-13(7-8-15(16)22)17(25)23-18-20(4,5)14-9-10-21(18,6)12-14/h7-8,11,14,18,24H,9-10,12,22H2,1-6H3,(H,23,25)/t14-,18?,21-/m0/s1. The summed E-state index contributed by atoms with van der Waals surface area (Å²) in [6, 6.07) is 4.52. The second-order valence-electron chi connectivity index (χ2n) is 10.4. The maximum absolute atomic E-state index is 13.0. The molecular weight excluding hydrogens is 374 g/mol. The van der Waals surface area contributed by atoms with Crippen molar-refractivity contribution < 1.29 is 13.2 Å². The van der Waals surface area contributed by atoms with Crippen molar-refractivity contribution in [3.63, 3.8) is 0 Å². The minimum absolute atomic E-state index is 0.0269. The number of carbonyl (C=O) groups excluding carboxylic acids is 1. The average molecular weight is 408 g/mol. The lowest BCUT2D eigenvalue weighted by atomic mass is 9.68. The number of hydrogen-bond donors (Lipinski definition) is 3. The fourth-order valence-electron chi connectivity index (χ4n) is 5.24. The summed E-state index contributed by atoms with van der Waals surface area (Å²) in [5.74, 6) is 0.361. The van der Waals surface area contributed by atoms with Gasteiger partial charge in [-0.15, -0.1) is 0 Å². The lowest BCUT2D eigenvalue weighted by Gasteiger charge is -2.43. The first-order chi connectivity index (χ1) is 12.7. The topological polar surface area (TPSA) is 101 Å². The van der Waals surface area contributed by atoms with Crippen LogP contribution in [-0.2, 0) is 10.0 Å². The molecule has 2 bridgehead atoms. The van der Waals surface area contributed by atoms with E-state index in [9.17, 15) is 13.2 Å². The Morgan fingerprint density at radius 3 is 2.39 bits per heavy atom. The average Bonchev–Trinajstić information content (AvgIpc) is 3.00. The van der Waals surface area contributed by atoms with Crippen LogP contribution >= 0.6 is 0 Å². The molecule has 2 fully saturated rings. The van der Waals surface area contributed by atoms with Gasteiger partial charge >= 0.3 is 0 Å². The third-order valence-electron chi connectivity index (χ3n) is 6.55. The zero-order chi connectivity index (χ0) is 21.1. The van der Waals surface area contributed by atoms with Crippen molar-refractivity contribution in [3.05, 3.63) is 23.8 Å². The monoisotopic (exact) mass is 407 g/mol. The fourth-order valence-corrected chi connectivity index (χ4v) is 6.82. The zero-order valence-electron chi connectivity index (χ0n) is 17.7. The Labute approximate surface area is 168 Å². The van der Waals surface area contributed by atoms with Gasteiger partial charge in [-0.3, -0.25) is 4.79 Å². The highest BCUT2D eigenvalue weighted by molar-refractivity contribution is 7.89. The molecule has 0 heterocycles. The molecule has 3 rings (SSSR count). The molecule has 0 saturated heterocycles. The molecule has 0 aliphatic heterocycles. The number of carbonyl (C=O) groups is 1. The summed E-state index contributed by atoms with van der Waals surface area (Å²) in [5, 5.41) is 3.21. The van der Waals surface area contributed by atoms with Crippen LogP contribution in [0.5, 0.6) is 0 Å². The number of nitrogens with one attached hydrogen (secondary N) is 2. The number of sulfonamides is 1. The smallest absolute Gasteiger partial charge is 0.251 e. The van der Waals surface area contributed by atoms with Gasteiger partial charge in [-0.1, -0.05) is 20.8 Å². The van der Waals surface area contributed by atoms with Crippen LogP contribution in [0.4, 0.5) is 5.69 Å². The third kappa shape index (κ3) is 3.66. The molecule has 1 aromatic rings. The number of hydrogen-bond acceptors (Lipinski definition) is 4. The van der Waals surface area contributed by atoms with Gasteiger partial charge in [0.25, 0.3) is 5.91 Å². The maximum atomic E-state index is 13.0. The van der Waals surface area contributed by atoms with E-state index >= 15 is 0 Å². The summed E-state index contributed by atoms with van der Waals surface area (Å²) in [6.45, 7) is 12.0. The first-order valence-corrected chi connectivity index (χ1v) is 11.4. The first kappa shape index (κ1) is 21.1. The number of nitrogens with two attached hydrogens (primary N) is 1.